The fraction of sp³-hybridized carbons (Fsp3) is 0.385. The summed E-state index contributed by atoms with van der Waals surface area (Å²) in [6, 6.07) is 5.48. The van der Waals surface area contributed by atoms with Crippen LogP contribution in [0.5, 0.6) is 5.75 Å². The Morgan fingerprint density at radius 1 is 1.50 bits per heavy atom. The number of carbonyl (C=O) groups excluding carboxylic acids is 1. The standard InChI is InChI=1S/C13H15N3O2/c1-9-6-10(4-5-12(9)18-3)11-7-16(8-14)13(17)15(11)2/h4-6,11H,7H2,1-3H3. The molecule has 1 aromatic rings. The van der Waals surface area contributed by atoms with Crippen LogP contribution in [0.3, 0.4) is 0 Å². The maximum atomic E-state index is 11.7. The molecule has 0 aliphatic carbocycles. The number of nitriles is 1. The molecule has 1 aliphatic rings. The molecule has 1 atom stereocenters. The molecule has 1 heterocycles. The first-order valence-electron chi connectivity index (χ1n) is 5.67. The number of hydrogen-bond acceptors (Lipinski definition) is 3. The Morgan fingerprint density at radius 3 is 2.72 bits per heavy atom. The van der Waals surface area contributed by atoms with Crippen LogP contribution in [-0.2, 0) is 0 Å². The lowest BCUT2D eigenvalue weighted by Crippen LogP contribution is -2.26. The Labute approximate surface area is 106 Å². The molecular weight excluding hydrogens is 230 g/mol. The van der Waals surface area contributed by atoms with Crippen molar-refractivity contribution in [2.75, 3.05) is 20.7 Å². The van der Waals surface area contributed by atoms with Crippen LogP contribution in [-0.4, -0.2) is 36.5 Å². The van der Waals surface area contributed by atoms with Crippen LogP contribution in [0, 0.1) is 18.4 Å². The zero-order valence-electron chi connectivity index (χ0n) is 10.7. The Balaban J connectivity index is 2.31. The lowest BCUT2D eigenvalue weighted by Gasteiger charge is -2.19. The highest BCUT2D eigenvalue weighted by Crippen LogP contribution is 2.30. The molecule has 0 radical (unpaired) electrons. The Kier molecular flexibility index (Phi) is 3.11. The van der Waals surface area contributed by atoms with E-state index in [4.69, 9.17) is 10.00 Å². The number of urea groups is 1. The molecule has 5 heteroatoms. The summed E-state index contributed by atoms with van der Waals surface area (Å²) in [6.45, 7) is 2.36. The maximum Gasteiger partial charge on any atom is 0.333 e. The molecule has 1 unspecified atom stereocenters. The number of carbonyl (C=O) groups is 1. The molecule has 0 bridgehead atoms. The summed E-state index contributed by atoms with van der Waals surface area (Å²) in [4.78, 5) is 14.5. The van der Waals surface area contributed by atoms with Gasteiger partial charge in [-0.1, -0.05) is 12.1 Å². The molecule has 1 aromatic carbocycles. The van der Waals surface area contributed by atoms with Gasteiger partial charge < -0.3 is 9.64 Å². The van der Waals surface area contributed by atoms with Gasteiger partial charge >= 0.3 is 6.03 Å². The largest absolute Gasteiger partial charge is 0.496 e. The van der Waals surface area contributed by atoms with Crippen molar-refractivity contribution in [1.29, 1.82) is 5.26 Å². The smallest absolute Gasteiger partial charge is 0.333 e. The van der Waals surface area contributed by atoms with Crippen molar-refractivity contribution in [2.45, 2.75) is 13.0 Å². The van der Waals surface area contributed by atoms with E-state index in [1.54, 1.807) is 19.1 Å². The summed E-state index contributed by atoms with van der Waals surface area (Å²) < 4.78 is 5.21. The lowest BCUT2D eigenvalue weighted by atomic mass is 10.0. The quantitative estimate of drug-likeness (QED) is 0.748. The number of hydrogen-bond donors (Lipinski definition) is 0. The highest BCUT2D eigenvalue weighted by atomic mass is 16.5. The van der Waals surface area contributed by atoms with Gasteiger partial charge in [0.1, 0.15) is 5.75 Å². The molecule has 1 fully saturated rings. The predicted octanol–water partition coefficient (Wildman–Crippen LogP) is 1.89. The highest BCUT2D eigenvalue weighted by molar-refractivity contribution is 5.78. The fourth-order valence-corrected chi connectivity index (χ4v) is 2.22. The average Bonchev–Trinajstić information content (AvgIpc) is 2.66. The second-order valence-corrected chi connectivity index (χ2v) is 4.35. The number of benzene rings is 1. The van der Waals surface area contributed by atoms with E-state index in [-0.39, 0.29) is 12.1 Å². The third kappa shape index (κ3) is 1.86. The van der Waals surface area contributed by atoms with Gasteiger partial charge in [0, 0.05) is 7.05 Å². The molecule has 2 amide bonds. The normalized spacial score (nSPS) is 19.0. The van der Waals surface area contributed by atoms with E-state index in [2.05, 4.69) is 0 Å². The average molecular weight is 245 g/mol. The third-order valence-electron chi connectivity index (χ3n) is 3.28. The second-order valence-electron chi connectivity index (χ2n) is 4.35. The van der Waals surface area contributed by atoms with Crippen molar-refractivity contribution in [3.63, 3.8) is 0 Å². The Morgan fingerprint density at radius 2 is 2.22 bits per heavy atom. The van der Waals surface area contributed by atoms with Gasteiger partial charge in [-0.05, 0) is 24.1 Å². The number of ether oxygens (including phenoxy) is 1. The first kappa shape index (κ1) is 12.2. The Bertz CT molecular complexity index is 521. The van der Waals surface area contributed by atoms with Crippen LogP contribution in [0.2, 0.25) is 0 Å². The summed E-state index contributed by atoms with van der Waals surface area (Å²) in [5, 5.41) is 8.86. The monoisotopic (exact) mass is 245 g/mol. The zero-order chi connectivity index (χ0) is 13.3. The molecule has 5 nitrogen and oxygen atoms in total. The van der Waals surface area contributed by atoms with Gasteiger partial charge in [0.2, 0.25) is 0 Å². The van der Waals surface area contributed by atoms with E-state index >= 15 is 0 Å². The van der Waals surface area contributed by atoms with E-state index < -0.39 is 0 Å². The van der Waals surface area contributed by atoms with Crippen LogP contribution in [0.25, 0.3) is 0 Å². The molecular formula is C13H15N3O2. The van der Waals surface area contributed by atoms with Crippen LogP contribution >= 0.6 is 0 Å². The van der Waals surface area contributed by atoms with Crippen LogP contribution in [0.15, 0.2) is 18.2 Å². The van der Waals surface area contributed by atoms with Crippen molar-refractivity contribution in [1.82, 2.24) is 9.80 Å². The minimum Gasteiger partial charge on any atom is -0.496 e. The third-order valence-corrected chi connectivity index (χ3v) is 3.28. The van der Waals surface area contributed by atoms with Gasteiger partial charge in [-0.15, -0.1) is 0 Å². The van der Waals surface area contributed by atoms with Crippen LogP contribution < -0.4 is 4.74 Å². The van der Waals surface area contributed by atoms with Gasteiger partial charge in [0.05, 0.1) is 19.7 Å². The van der Waals surface area contributed by atoms with E-state index in [1.165, 1.54) is 4.90 Å². The zero-order valence-corrected chi connectivity index (χ0v) is 10.7. The lowest BCUT2D eigenvalue weighted by molar-refractivity contribution is 0.205. The van der Waals surface area contributed by atoms with Crippen molar-refractivity contribution < 1.29 is 9.53 Å². The maximum absolute atomic E-state index is 11.7. The van der Waals surface area contributed by atoms with E-state index in [0.717, 1.165) is 16.9 Å². The summed E-state index contributed by atoms with van der Waals surface area (Å²) >= 11 is 0. The minimum absolute atomic E-state index is 0.0817. The van der Waals surface area contributed by atoms with Crippen LogP contribution in [0.4, 0.5) is 4.79 Å². The summed E-state index contributed by atoms with van der Waals surface area (Å²) in [6.07, 6.45) is 1.90. The first-order valence-corrected chi connectivity index (χ1v) is 5.67. The number of aryl methyl sites for hydroxylation is 1. The summed E-state index contributed by atoms with van der Waals surface area (Å²) in [7, 11) is 3.34. The second kappa shape index (κ2) is 4.57. The molecule has 2 rings (SSSR count). The van der Waals surface area contributed by atoms with Gasteiger partial charge in [0.25, 0.3) is 0 Å². The number of methoxy groups -OCH3 is 1. The molecule has 0 aromatic heterocycles. The first-order chi connectivity index (χ1) is 8.58. The van der Waals surface area contributed by atoms with Gasteiger partial charge in [-0.25, -0.2) is 9.69 Å². The van der Waals surface area contributed by atoms with E-state index in [9.17, 15) is 4.79 Å². The number of nitrogens with zero attached hydrogens (tertiary/aromatic N) is 3. The predicted molar refractivity (Wildman–Crippen MR) is 66.0 cm³/mol. The van der Waals surface area contributed by atoms with Gasteiger partial charge in [-0.3, -0.25) is 0 Å². The van der Waals surface area contributed by atoms with E-state index in [0.29, 0.717) is 6.54 Å². The van der Waals surface area contributed by atoms with E-state index in [1.807, 2.05) is 31.3 Å². The summed E-state index contributed by atoms with van der Waals surface area (Å²) in [5.41, 5.74) is 2.04. The minimum atomic E-state index is -0.254. The van der Waals surface area contributed by atoms with Crippen LogP contribution in [0.1, 0.15) is 17.2 Å². The molecule has 0 spiro atoms. The SMILES string of the molecule is COc1ccc(C2CN(C#N)C(=O)N2C)cc1C. The van der Waals surface area contributed by atoms with Gasteiger partial charge in [-0.2, -0.15) is 5.26 Å². The molecule has 1 aliphatic heterocycles. The van der Waals surface area contributed by atoms with Gasteiger partial charge in [0.15, 0.2) is 6.19 Å². The fourth-order valence-electron chi connectivity index (χ4n) is 2.22. The summed E-state index contributed by atoms with van der Waals surface area (Å²) in [5.74, 6) is 0.822. The van der Waals surface area contributed by atoms with Crippen molar-refractivity contribution in [3.8, 4) is 11.9 Å². The Hall–Kier alpha value is -2.22. The molecule has 18 heavy (non-hydrogen) atoms. The molecule has 0 saturated carbocycles. The molecule has 94 valence electrons. The molecule has 1 saturated heterocycles. The van der Waals surface area contributed by atoms with Crippen molar-refractivity contribution in [2.24, 2.45) is 0 Å². The number of amides is 2. The highest BCUT2D eigenvalue weighted by Gasteiger charge is 2.35. The van der Waals surface area contributed by atoms with Crippen molar-refractivity contribution >= 4 is 6.03 Å². The number of likely N-dealkylation sites (N-methyl/N-ethyl adjacent to an activating group) is 1. The number of rotatable bonds is 2. The topological polar surface area (TPSA) is 56.6 Å². The molecule has 0 N–H and O–H groups in total. The van der Waals surface area contributed by atoms with Crippen molar-refractivity contribution in [3.05, 3.63) is 29.3 Å².